The van der Waals surface area contributed by atoms with Crippen molar-refractivity contribution < 1.29 is 25.9 Å². The van der Waals surface area contributed by atoms with Crippen molar-refractivity contribution in [3.8, 4) is 11.5 Å². The summed E-state index contributed by atoms with van der Waals surface area (Å²) < 4.78 is 60.7. The van der Waals surface area contributed by atoms with Gasteiger partial charge >= 0.3 is 10.1 Å². The highest BCUT2D eigenvalue weighted by molar-refractivity contribution is 8.33. The highest BCUT2D eigenvalue weighted by Crippen LogP contribution is 2.72. The fraction of sp³-hybridized carbons (Fsp3) is 0.250. The molecule has 0 saturated heterocycles. The Balaban J connectivity index is 2.07. The van der Waals surface area contributed by atoms with E-state index < -0.39 is 37.4 Å². The molecule has 0 heterocycles. The van der Waals surface area contributed by atoms with Crippen LogP contribution in [0.15, 0.2) is 123 Å². The molecule has 0 atom stereocenters. The molecule has 4 aromatic rings. The Bertz CT molecular complexity index is 1500. The average molecular weight is 583 g/mol. The van der Waals surface area contributed by atoms with E-state index in [1.165, 1.54) is 12.1 Å². The van der Waals surface area contributed by atoms with Gasteiger partial charge in [-0.2, -0.15) is 8.42 Å². The van der Waals surface area contributed by atoms with Crippen LogP contribution in [0.5, 0.6) is 11.5 Å². The zero-order valence-electron chi connectivity index (χ0n) is 23.6. The molecule has 0 fully saturated rings. The number of benzene rings is 4. The van der Waals surface area contributed by atoms with Gasteiger partial charge in [-0.05, 0) is 113 Å². The monoisotopic (exact) mass is 582 g/mol. The minimum atomic E-state index is -4.39. The van der Waals surface area contributed by atoms with Gasteiger partial charge < -0.3 is 9.47 Å². The third-order valence-electron chi connectivity index (χ3n) is 5.51. The Hall–Kier alpha value is -3.33. The predicted molar refractivity (Wildman–Crippen MR) is 157 cm³/mol. The molecule has 0 amide bonds. The van der Waals surface area contributed by atoms with E-state index in [4.69, 9.17) is 13.1 Å². The zero-order chi connectivity index (χ0) is 29.2. The molecule has 212 valence electrons. The fourth-order valence-electron chi connectivity index (χ4n) is 4.06. The molecular weight excluding hydrogens is 547 g/mol. The van der Waals surface area contributed by atoms with Gasteiger partial charge in [0.25, 0.3) is 0 Å². The van der Waals surface area contributed by atoms with Crippen molar-refractivity contribution in [2.75, 3.05) is 0 Å². The van der Waals surface area contributed by atoms with Crippen LogP contribution in [0, 0.1) is 5.82 Å². The molecule has 4 aromatic carbocycles. The van der Waals surface area contributed by atoms with Crippen molar-refractivity contribution in [3.05, 3.63) is 109 Å². The highest BCUT2D eigenvalue weighted by Gasteiger charge is 2.41. The van der Waals surface area contributed by atoms with Gasteiger partial charge in [0, 0.05) is 15.9 Å². The van der Waals surface area contributed by atoms with Crippen molar-refractivity contribution in [1.29, 1.82) is 0 Å². The molecule has 0 spiro atoms. The summed E-state index contributed by atoms with van der Waals surface area (Å²) in [6, 6.07) is 28.5. The standard InChI is InChI=1S/C32H35FO5S2/c1-31(2,3)36-25-19-22-30(29(23-25)37-32(4,5)6)39(26-13-9-7-10-14-26,27-15-11-8-12-16-27)38-40(34,35)28-20-17-24(33)18-21-28/h7-23H,1-6H3. The van der Waals surface area contributed by atoms with Crippen LogP contribution >= 0.6 is 10.3 Å². The summed E-state index contributed by atoms with van der Waals surface area (Å²) in [6.07, 6.45) is 0. The Kier molecular flexibility index (Phi) is 8.36. The van der Waals surface area contributed by atoms with Gasteiger partial charge in [-0.3, -0.25) is 0 Å². The summed E-state index contributed by atoms with van der Waals surface area (Å²) in [7, 11) is -7.37. The molecular formula is C32H35FO5S2. The SMILES string of the molecule is CC(C)(C)Oc1ccc(S(OS(=O)(=O)c2ccc(F)cc2)(c2ccccc2)c2ccccc2)c(OC(C)(C)C)c1. The highest BCUT2D eigenvalue weighted by atomic mass is 32.3. The molecule has 5 nitrogen and oxygen atoms in total. The lowest BCUT2D eigenvalue weighted by Gasteiger charge is -2.41. The summed E-state index contributed by atoms with van der Waals surface area (Å²) in [5.41, 5.74) is -1.09. The Labute approximate surface area is 238 Å². The molecule has 40 heavy (non-hydrogen) atoms. The van der Waals surface area contributed by atoms with E-state index >= 15 is 0 Å². The number of halogens is 1. The summed E-state index contributed by atoms with van der Waals surface area (Å²) in [4.78, 5) is 1.70. The smallest absolute Gasteiger partial charge is 0.307 e. The molecule has 0 saturated carbocycles. The first kappa shape index (κ1) is 29.6. The zero-order valence-corrected chi connectivity index (χ0v) is 25.2. The minimum Gasteiger partial charge on any atom is -0.488 e. The summed E-state index contributed by atoms with van der Waals surface area (Å²) in [5.74, 6) is 0.469. The normalized spacial score (nSPS) is 13.1. The average Bonchev–Trinajstić information content (AvgIpc) is 2.87. The lowest BCUT2D eigenvalue weighted by atomic mass is 10.2. The Morgan fingerprint density at radius 3 is 1.57 bits per heavy atom. The van der Waals surface area contributed by atoms with Crippen molar-refractivity contribution in [3.63, 3.8) is 0 Å². The van der Waals surface area contributed by atoms with E-state index in [1.807, 2.05) is 108 Å². The van der Waals surface area contributed by atoms with Gasteiger partial charge in [0.1, 0.15) is 28.5 Å². The number of hydrogen-bond donors (Lipinski definition) is 0. The predicted octanol–water partition coefficient (Wildman–Crippen LogP) is 8.78. The van der Waals surface area contributed by atoms with E-state index in [0.717, 1.165) is 12.1 Å². The number of hydrogen-bond acceptors (Lipinski definition) is 5. The molecule has 0 aliphatic heterocycles. The summed E-state index contributed by atoms with van der Waals surface area (Å²) in [5, 5.41) is 0. The van der Waals surface area contributed by atoms with Gasteiger partial charge in [-0.1, -0.05) is 36.4 Å². The van der Waals surface area contributed by atoms with Crippen LogP contribution in [0.4, 0.5) is 4.39 Å². The van der Waals surface area contributed by atoms with Crippen LogP contribution in [-0.2, 0) is 13.7 Å². The third kappa shape index (κ3) is 6.86. The van der Waals surface area contributed by atoms with Crippen molar-refractivity contribution in [1.82, 2.24) is 0 Å². The van der Waals surface area contributed by atoms with Crippen molar-refractivity contribution >= 4 is 20.4 Å². The van der Waals surface area contributed by atoms with Crippen molar-refractivity contribution in [2.24, 2.45) is 0 Å². The quantitative estimate of drug-likeness (QED) is 0.208. The summed E-state index contributed by atoms with van der Waals surface area (Å²) in [6.45, 7) is 11.6. The molecule has 8 heteroatoms. The molecule has 0 radical (unpaired) electrons. The second kappa shape index (κ2) is 11.3. The second-order valence-electron chi connectivity index (χ2n) is 11.2. The first-order chi connectivity index (χ1) is 18.7. The third-order valence-corrected chi connectivity index (χ3v) is 10.7. The molecule has 0 aromatic heterocycles. The maximum atomic E-state index is 13.9. The first-order valence-corrected chi connectivity index (χ1v) is 15.8. The molecule has 0 aliphatic carbocycles. The maximum Gasteiger partial charge on any atom is 0.307 e. The molecule has 4 rings (SSSR count). The second-order valence-corrected chi connectivity index (χ2v) is 15.6. The molecule has 0 N–H and O–H groups in total. The first-order valence-electron chi connectivity index (χ1n) is 12.9. The minimum absolute atomic E-state index is 0.149. The molecule has 0 bridgehead atoms. The van der Waals surface area contributed by atoms with Crippen LogP contribution in [0.2, 0.25) is 0 Å². The Morgan fingerprint density at radius 1 is 0.600 bits per heavy atom. The Morgan fingerprint density at radius 2 is 1.10 bits per heavy atom. The van der Waals surface area contributed by atoms with Gasteiger partial charge in [0.2, 0.25) is 0 Å². The molecule has 0 unspecified atom stereocenters. The summed E-state index contributed by atoms with van der Waals surface area (Å²) >= 11 is 0. The van der Waals surface area contributed by atoms with Gasteiger partial charge in [-0.25, -0.2) is 8.02 Å². The van der Waals surface area contributed by atoms with Crippen LogP contribution in [0.25, 0.3) is 0 Å². The lowest BCUT2D eigenvalue weighted by molar-refractivity contribution is 0.118. The van der Waals surface area contributed by atoms with Crippen LogP contribution in [0.3, 0.4) is 0 Å². The van der Waals surface area contributed by atoms with E-state index in [-0.39, 0.29) is 4.90 Å². The number of ether oxygens (including phenoxy) is 2. The fourth-order valence-corrected chi connectivity index (χ4v) is 9.34. The van der Waals surface area contributed by atoms with E-state index in [2.05, 4.69) is 0 Å². The van der Waals surface area contributed by atoms with Crippen LogP contribution < -0.4 is 9.47 Å². The number of rotatable bonds is 8. The van der Waals surface area contributed by atoms with Gasteiger partial charge in [0.15, 0.2) is 0 Å². The topological polar surface area (TPSA) is 61.8 Å². The largest absolute Gasteiger partial charge is 0.488 e. The van der Waals surface area contributed by atoms with E-state index in [0.29, 0.717) is 26.2 Å². The van der Waals surface area contributed by atoms with E-state index in [1.54, 1.807) is 12.1 Å². The van der Waals surface area contributed by atoms with Crippen molar-refractivity contribution in [2.45, 2.75) is 72.3 Å². The molecule has 0 aliphatic rings. The van der Waals surface area contributed by atoms with Crippen LogP contribution in [0.1, 0.15) is 41.5 Å². The maximum absolute atomic E-state index is 13.9. The van der Waals surface area contributed by atoms with E-state index in [9.17, 15) is 12.8 Å². The van der Waals surface area contributed by atoms with Crippen LogP contribution in [-0.4, -0.2) is 19.6 Å². The van der Waals surface area contributed by atoms with Gasteiger partial charge in [-0.15, -0.1) is 0 Å². The lowest BCUT2D eigenvalue weighted by Crippen LogP contribution is -2.25. The van der Waals surface area contributed by atoms with Gasteiger partial charge in [0.05, 0.1) is 9.79 Å².